The van der Waals surface area contributed by atoms with Crippen LogP contribution in [0.4, 0.5) is 19.3 Å². The monoisotopic (exact) mass is 342 g/mol. The lowest BCUT2D eigenvalue weighted by atomic mass is 9.86. The number of likely N-dealkylation sites (tertiary alicyclic amines) is 1. The van der Waals surface area contributed by atoms with Crippen LogP contribution >= 0.6 is 0 Å². The van der Waals surface area contributed by atoms with Gasteiger partial charge in [-0.25, -0.2) is 13.6 Å². The molecule has 0 aromatic heterocycles. The third-order valence-electron chi connectivity index (χ3n) is 3.73. The fraction of sp³-hybridized carbons (Fsp3) is 0.562. The van der Waals surface area contributed by atoms with Crippen molar-refractivity contribution in [2.24, 2.45) is 0 Å². The summed E-state index contributed by atoms with van der Waals surface area (Å²) in [6, 6.07) is 5.28. The number of carbonyl (C=O) groups is 1. The van der Waals surface area contributed by atoms with Crippen LogP contribution in [0.2, 0.25) is 0 Å². The van der Waals surface area contributed by atoms with Gasteiger partial charge in [-0.1, -0.05) is 12.1 Å². The fourth-order valence-electron chi connectivity index (χ4n) is 2.69. The number of hydrogen-bond donors (Lipinski definition) is 0. The van der Waals surface area contributed by atoms with E-state index in [2.05, 4.69) is 0 Å². The minimum absolute atomic E-state index is 0.00735. The molecular weight excluding hydrogens is 322 g/mol. The second-order valence-electron chi connectivity index (χ2n) is 6.86. The van der Waals surface area contributed by atoms with Crippen molar-refractivity contribution in [1.82, 2.24) is 4.90 Å². The zero-order valence-electron chi connectivity index (χ0n) is 13.8. The Labute approximate surface area is 138 Å². The minimum atomic E-state index is -3.19. The van der Waals surface area contributed by atoms with Crippen LogP contribution in [-0.4, -0.2) is 40.5 Å². The Morgan fingerprint density at radius 3 is 2.62 bits per heavy atom. The SMILES string of the molecule is CC(C)(C)OC(=O)N1CCC(c2cccc([N+](=O)[O-])c2)C(F)(F)C1. The summed E-state index contributed by atoms with van der Waals surface area (Å²) < 4.78 is 34.1. The van der Waals surface area contributed by atoms with E-state index in [0.717, 1.165) is 4.90 Å². The van der Waals surface area contributed by atoms with Gasteiger partial charge in [0.25, 0.3) is 11.6 Å². The molecule has 1 aromatic rings. The largest absolute Gasteiger partial charge is 0.444 e. The van der Waals surface area contributed by atoms with Gasteiger partial charge in [-0.15, -0.1) is 0 Å². The van der Waals surface area contributed by atoms with Crippen LogP contribution < -0.4 is 0 Å². The summed E-state index contributed by atoms with van der Waals surface area (Å²) in [5, 5.41) is 10.8. The molecule has 1 aliphatic heterocycles. The van der Waals surface area contributed by atoms with Crippen LogP contribution in [-0.2, 0) is 4.74 Å². The van der Waals surface area contributed by atoms with Crippen LogP contribution in [0.3, 0.4) is 0 Å². The second kappa shape index (κ2) is 6.33. The Kier molecular flexibility index (Phi) is 4.77. The van der Waals surface area contributed by atoms with E-state index < -0.39 is 35.0 Å². The molecule has 1 atom stereocenters. The smallest absolute Gasteiger partial charge is 0.410 e. The summed E-state index contributed by atoms with van der Waals surface area (Å²) in [6.07, 6.45) is -0.771. The van der Waals surface area contributed by atoms with Gasteiger partial charge in [0.1, 0.15) is 5.60 Å². The highest BCUT2D eigenvalue weighted by atomic mass is 19.3. The normalized spacial score (nSPS) is 20.5. The van der Waals surface area contributed by atoms with Crippen LogP contribution in [0.1, 0.15) is 38.7 Å². The summed E-state index contributed by atoms with van der Waals surface area (Å²) >= 11 is 0. The van der Waals surface area contributed by atoms with Crippen molar-refractivity contribution in [2.75, 3.05) is 13.1 Å². The highest BCUT2D eigenvalue weighted by Crippen LogP contribution is 2.41. The van der Waals surface area contributed by atoms with E-state index in [9.17, 15) is 23.7 Å². The van der Waals surface area contributed by atoms with Crippen molar-refractivity contribution in [1.29, 1.82) is 0 Å². The highest BCUT2D eigenvalue weighted by molar-refractivity contribution is 5.68. The molecule has 1 unspecified atom stereocenters. The van der Waals surface area contributed by atoms with E-state index in [0.29, 0.717) is 0 Å². The molecule has 6 nitrogen and oxygen atoms in total. The third kappa shape index (κ3) is 4.18. The summed E-state index contributed by atoms with van der Waals surface area (Å²) in [5.74, 6) is -4.36. The van der Waals surface area contributed by atoms with Crippen molar-refractivity contribution in [3.8, 4) is 0 Å². The number of nitro groups is 1. The number of amides is 1. The third-order valence-corrected chi connectivity index (χ3v) is 3.73. The first-order valence-corrected chi connectivity index (χ1v) is 7.60. The maximum absolute atomic E-state index is 14.5. The second-order valence-corrected chi connectivity index (χ2v) is 6.86. The van der Waals surface area contributed by atoms with Gasteiger partial charge in [0.15, 0.2) is 0 Å². The molecule has 0 spiro atoms. The van der Waals surface area contributed by atoms with Crippen LogP contribution in [0.25, 0.3) is 0 Å². The average Bonchev–Trinajstić information content (AvgIpc) is 2.44. The van der Waals surface area contributed by atoms with Crippen molar-refractivity contribution < 1.29 is 23.2 Å². The van der Waals surface area contributed by atoms with Crippen LogP contribution in [0.5, 0.6) is 0 Å². The van der Waals surface area contributed by atoms with Gasteiger partial charge in [0.2, 0.25) is 0 Å². The Bertz CT molecular complexity index is 643. The molecule has 0 saturated carbocycles. The maximum atomic E-state index is 14.5. The number of nitrogens with zero attached hydrogens (tertiary/aromatic N) is 2. The van der Waals surface area contributed by atoms with Crippen molar-refractivity contribution in [3.05, 3.63) is 39.9 Å². The molecule has 1 amide bonds. The fourth-order valence-corrected chi connectivity index (χ4v) is 2.69. The van der Waals surface area contributed by atoms with Crippen molar-refractivity contribution in [3.63, 3.8) is 0 Å². The number of halogens is 2. The first-order chi connectivity index (χ1) is 11.0. The van der Waals surface area contributed by atoms with E-state index in [4.69, 9.17) is 4.74 Å². The van der Waals surface area contributed by atoms with E-state index in [-0.39, 0.29) is 24.2 Å². The number of non-ortho nitro benzene ring substituents is 1. The molecule has 0 radical (unpaired) electrons. The lowest BCUT2D eigenvalue weighted by Crippen LogP contribution is -2.50. The standard InChI is InChI=1S/C16H20F2N2O4/c1-15(2,3)24-14(21)19-8-7-13(16(17,18)10-19)11-5-4-6-12(9-11)20(22)23/h4-6,9,13H,7-8,10H2,1-3H3. The number of piperidine rings is 1. The van der Waals surface area contributed by atoms with Crippen LogP contribution in [0.15, 0.2) is 24.3 Å². The van der Waals surface area contributed by atoms with Gasteiger partial charge in [0, 0.05) is 18.7 Å². The zero-order valence-corrected chi connectivity index (χ0v) is 13.8. The van der Waals surface area contributed by atoms with Gasteiger partial charge in [0.05, 0.1) is 17.4 Å². The first-order valence-electron chi connectivity index (χ1n) is 7.60. The zero-order chi connectivity index (χ0) is 18.1. The number of benzene rings is 1. The van der Waals surface area contributed by atoms with Gasteiger partial charge >= 0.3 is 6.09 Å². The quantitative estimate of drug-likeness (QED) is 0.602. The number of hydrogen-bond acceptors (Lipinski definition) is 4. The summed E-state index contributed by atoms with van der Waals surface area (Å²) in [5.41, 5.74) is -0.778. The lowest BCUT2D eigenvalue weighted by molar-refractivity contribution is -0.385. The number of nitro benzene ring substituents is 1. The predicted molar refractivity (Wildman–Crippen MR) is 83.2 cm³/mol. The number of rotatable bonds is 2. The number of ether oxygens (including phenoxy) is 1. The Balaban J connectivity index is 2.16. The van der Waals surface area contributed by atoms with Gasteiger partial charge in [-0.05, 0) is 32.8 Å². The molecule has 8 heteroatoms. The summed E-state index contributed by atoms with van der Waals surface area (Å²) in [6.45, 7) is 4.34. The van der Waals surface area contributed by atoms with E-state index in [1.165, 1.54) is 24.3 Å². The van der Waals surface area contributed by atoms with Gasteiger partial charge in [-0.2, -0.15) is 0 Å². The highest BCUT2D eigenvalue weighted by Gasteiger charge is 2.47. The Morgan fingerprint density at radius 1 is 1.42 bits per heavy atom. The summed E-state index contributed by atoms with van der Waals surface area (Å²) in [7, 11) is 0. The molecule has 132 valence electrons. The number of carbonyl (C=O) groups excluding carboxylic acids is 1. The molecule has 0 aliphatic carbocycles. The molecule has 1 fully saturated rings. The molecule has 2 rings (SSSR count). The van der Waals surface area contributed by atoms with E-state index in [1.54, 1.807) is 20.8 Å². The topological polar surface area (TPSA) is 72.7 Å². The van der Waals surface area contributed by atoms with Gasteiger partial charge < -0.3 is 9.64 Å². The van der Waals surface area contributed by atoms with Crippen molar-refractivity contribution >= 4 is 11.8 Å². The Morgan fingerprint density at radius 2 is 2.08 bits per heavy atom. The molecule has 1 saturated heterocycles. The molecule has 1 aromatic carbocycles. The molecule has 24 heavy (non-hydrogen) atoms. The lowest BCUT2D eigenvalue weighted by Gasteiger charge is -2.38. The van der Waals surface area contributed by atoms with Gasteiger partial charge in [-0.3, -0.25) is 10.1 Å². The van der Waals surface area contributed by atoms with Crippen molar-refractivity contribution in [2.45, 2.75) is 44.6 Å². The summed E-state index contributed by atoms with van der Waals surface area (Å²) in [4.78, 5) is 23.2. The Hall–Kier alpha value is -2.25. The van der Waals surface area contributed by atoms with E-state index in [1.807, 2.05) is 0 Å². The molecule has 0 N–H and O–H groups in total. The maximum Gasteiger partial charge on any atom is 0.410 e. The predicted octanol–water partition coefficient (Wildman–Crippen LogP) is 3.95. The average molecular weight is 342 g/mol. The number of alkyl halides is 2. The first kappa shape index (κ1) is 18.1. The minimum Gasteiger partial charge on any atom is -0.444 e. The van der Waals surface area contributed by atoms with E-state index >= 15 is 0 Å². The molecule has 0 bridgehead atoms. The molecule has 1 aliphatic rings. The molecular formula is C16H20F2N2O4. The molecule has 1 heterocycles. The van der Waals surface area contributed by atoms with Crippen LogP contribution in [0, 0.1) is 10.1 Å².